The Morgan fingerprint density at radius 1 is 1.23 bits per heavy atom. The molecule has 1 amide bonds. The highest BCUT2D eigenvalue weighted by Gasteiger charge is 2.25. The average molecular weight is 380 g/mol. The first-order chi connectivity index (χ1) is 12.4. The van der Waals surface area contributed by atoms with Crippen LogP contribution in [0.5, 0.6) is 0 Å². The second-order valence-electron chi connectivity index (χ2n) is 5.92. The van der Waals surface area contributed by atoms with E-state index < -0.39 is 10.0 Å². The Labute approximate surface area is 151 Å². The molecule has 1 fully saturated rings. The summed E-state index contributed by atoms with van der Waals surface area (Å²) in [6.07, 6.45) is 1.08. The van der Waals surface area contributed by atoms with Crippen LogP contribution in [0.15, 0.2) is 24.3 Å². The largest absolute Gasteiger partial charge is 0.378 e. The summed E-state index contributed by atoms with van der Waals surface area (Å²) in [7, 11) is -3.62. The van der Waals surface area contributed by atoms with E-state index in [0.29, 0.717) is 43.5 Å². The second-order valence-corrected chi connectivity index (χ2v) is 7.82. The molecule has 0 radical (unpaired) electrons. The highest BCUT2D eigenvalue weighted by atomic mass is 32.2. The van der Waals surface area contributed by atoms with Gasteiger partial charge in [0.2, 0.25) is 15.9 Å². The van der Waals surface area contributed by atoms with E-state index in [4.69, 9.17) is 4.74 Å². The summed E-state index contributed by atoms with van der Waals surface area (Å²) in [5.41, 5.74) is 1.10. The molecule has 1 aliphatic rings. The van der Waals surface area contributed by atoms with E-state index in [1.165, 1.54) is 4.68 Å². The number of ether oxygens (including phenoxy) is 1. The maximum atomic E-state index is 12.5. The molecule has 0 bridgehead atoms. The zero-order valence-corrected chi connectivity index (χ0v) is 15.4. The van der Waals surface area contributed by atoms with Gasteiger partial charge in [0.25, 0.3) is 0 Å². The highest BCUT2D eigenvalue weighted by molar-refractivity contribution is 7.92. The normalized spacial score (nSPS) is 15.1. The first-order valence-electron chi connectivity index (χ1n) is 8.05. The quantitative estimate of drug-likeness (QED) is 0.694. The first kappa shape index (κ1) is 18.3. The van der Waals surface area contributed by atoms with Gasteiger partial charge in [-0.25, -0.2) is 8.42 Å². The number of hydrogen-bond donors (Lipinski definition) is 0. The molecule has 0 spiro atoms. The Kier molecular flexibility index (Phi) is 5.18. The smallest absolute Gasteiger partial charge is 0.243 e. The van der Waals surface area contributed by atoms with Crippen LogP contribution in [0.2, 0.25) is 0 Å². The topological polar surface area (TPSA) is 111 Å². The summed E-state index contributed by atoms with van der Waals surface area (Å²) in [6.45, 7) is 3.37. The van der Waals surface area contributed by atoms with E-state index in [2.05, 4.69) is 15.5 Å². The van der Waals surface area contributed by atoms with Gasteiger partial charge in [-0.2, -0.15) is 4.68 Å². The number of benzene rings is 1. The molecule has 1 saturated heterocycles. The summed E-state index contributed by atoms with van der Waals surface area (Å²) in [6, 6.07) is 6.67. The molecule has 2 heterocycles. The molecule has 0 N–H and O–H groups in total. The van der Waals surface area contributed by atoms with Crippen LogP contribution in [0.1, 0.15) is 5.82 Å². The van der Waals surface area contributed by atoms with E-state index in [1.54, 1.807) is 36.1 Å². The minimum atomic E-state index is -3.62. The summed E-state index contributed by atoms with van der Waals surface area (Å²) < 4.78 is 32.3. The van der Waals surface area contributed by atoms with Crippen LogP contribution < -0.4 is 4.31 Å². The summed E-state index contributed by atoms with van der Waals surface area (Å²) >= 11 is 0. The van der Waals surface area contributed by atoms with E-state index in [-0.39, 0.29) is 12.5 Å². The van der Waals surface area contributed by atoms with Crippen molar-refractivity contribution in [1.29, 1.82) is 0 Å². The average Bonchev–Trinajstić information content (AvgIpc) is 3.05. The Bertz CT molecular complexity index is 874. The Hall–Kier alpha value is -2.53. The molecule has 10 nitrogen and oxygen atoms in total. The van der Waals surface area contributed by atoms with E-state index in [1.807, 2.05) is 0 Å². The third-order valence-electron chi connectivity index (χ3n) is 4.05. The van der Waals surface area contributed by atoms with Gasteiger partial charge in [-0.15, -0.1) is 5.10 Å². The molecule has 0 aliphatic carbocycles. The van der Waals surface area contributed by atoms with E-state index in [0.717, 1.165) is 10.6 Å². The Morgan fingerprint density at radius 2 is 1.88 bits per heavy atom. The molecule has 11 heteroatoms. The molecule has 1 aromatic heterocycles. The molecule has 2 aromatic rings. The van der Waals surface area contributed by atoms with Crippen LogP contribution in [-0.2, 0) is 19.6 Å². The maximum Gasteiger partial charge on any atom is 0.243 e. The van der Waals surface area contributed by atoms with Crippen LogP contribution in [-0.4, -0.2) is 78.5 Å². The van der Waals surface area contributed by atoms with Crippen LogP contribution in [0.3, 0.4) is 0 Å². The summed E-state index contributed by atoms with van der Waals surface area (Å²) in [5, 5.41) is 11.3. The monoisotopic (exact) mass is 380 g/mol. The van der Waals surface area contributed by atoms with Crippen molar-refractivity contribution in [1.82, 2.24) is 25.1 Å². The molecular formula is C15H20N6O4S. The van der Waals surface area contributed by atoms with Crippen molar-refractivity contribution < 1.29 is 17.9 Å². The fourth-order valence-electron chi connectivity index (χ4n) is 2.67. The number of sulfonamides is 1. The number of nitrogens with zero attached hydrogens (tertiary/aromatic N) is 6. The van der Waals surface area contributed by atoms with Gasteiger partial charge in [-0.05, 0) is 41.6 Å². The van der Waals surface area contributed by atoms with Crippen molar-refractivity contribution in [3.8, 4) is 5.69 Å². The van der Waals surface area contributed by atoms with Gasteiger partial charge in [-0.1, -0.05) is 0 Å². The van der Waals surface area contributed by atoms with Gasteiger partial charge in [-0.3, -0.25) is 9.10 Å². The van der Waals surface area contributed by atoms with Gasteiger partial charge >= 0.3 is 0 Å². The van der Waals surface area contributed by atoms with Crippen molar-refractivity contribution in [3.63, 3.8) is 0 Å². The molecule has 0 atom stereocenters. The number of aryl methyl sites for hydroxylation is 1. The standard InChI is InChI=1S/C15H20N6O4S/c1-12-16-17-18-21(12)14-5-3-13(4-6-14)20(26(2,23)24)11-15(22)19-7-9-25-10-8-19/h3-6H,7-11H2,1-2H3. The number of amides is 1. The lowest BCUT2D eigenvalue weighted by molar-refractivity contribution is -0.133. The van der Waals surface area contributed by atoms with Crippen molar-refractivity contribution in [2.75, 3.05) is 43.4 Å². The number of anilines is 1. The third kappa shape index (κ3) is 3.99. The molecule has 3 rings (SSSR count). The van der Waals surface area contributed by atoms with Gasteiger partial charge in [0.1, 0.15) is 6.54 Å². The number of tetrazole rings is 1. The SMILES string of the molecule is Cc1nnnn1-c1ccc(N(CC(=O)N2CCOCC2)S(C)(=O)=O)cc1. The van der Waals surface area contributed by atoms with E-state index >= 15 is 0 Å². The van der Waals surface area contributed by atoms with Gasteiger partial charge in [0, 0.05) is 13.1 Å². The number of rotatable bonds is 5. The molecule has 1 aromatic carbocycles. The van der Waals surface area contributed by atoms with Crippen LogP contribution >= 0.6 is 0 Å². The Balaban J connectivity index is 1.82. The fourth-order valence-corrected chi connectivity index (χ4v) is 3.52. The summed E-state index contributed by atoms with van der Waals surface area (Å²) in [4.78, 5) is 14.1. The molecule has 26 heavy (non-hydrogen) atoms. The van der Waals surface area contributed by atoms with Crippen LogP contribution in [0, 0.1) is 6.92 Å². The van der Waals surface area contributed by atoms with Gasteiger partial charge in [0.15, 0.2) is 5.82 Å². The number of hydrogen-bond acceptors (Lipinski definition) is 7. The maximum absolute atomic E-state index is 12.5. The van der Waals surface area contributed by atoms with Gasteiger partial charge < -0.3 is 9.64 Å². The molecule has 140 valence electrons. The van der Waals surface area contributed by atoms with Crippen molar-refractivity contribution in [2.24, 2.45) is 0 Å². The molecule has 0 unspecified atom stereocenters. The molecule has 0 saturated carbocycles. The molecule has 1 aliphatic heterocycles. The number of carbonyl (C=O) groups excluding carboxylic acids is 1. The lowest BCUT2D eigenvalue weighted by atomic mass is 10.2. The van der Waals surface area contributed by atoms with Crippen molar-refractivity contribution in [2.45, 2.75) is 6.92 Å². The third-order valence-corrected chi connectivity index (χ3v) is 5.19. The first-order valence-corrected chi connectivity index (χ1v) is 9.90. The lowest BCUT2D eigenvalue weighted by Gasteiger charge is -2.30. The zero-order chi connectivity index (χ0) is 18.7. The number of aromatic nitrogens is 4. The van der Waals surface area contributed by atoms with Crippen molar-refractivity contribution >= 4 is 21.6 Å². The Morgan fingerprint density at radius 3 is 2.42 bits per heavy atom. The predicted molar refractivity (Wildman–Crippen MR) is 93.5 cm³/mol. The zero-order valence-electron chi connectivity index (χ0n) is 14.6. The second kappa shape index (κ2) is 7.38. The highest BCUT2D eigenvalue weighted by Crippen LogP contribution is 2.20. The van der Waals surface area contributed by atoms with Crippen LogP contribution in [0.4, 0.5) is 5.69 Å². The predicted octanol–water partition coefficient (Wildman–Crippen LogP) is -0.404. The van der Waals surface area contributed by atoms with Crippen molar-refractivity contribution in [3.05, 3.63) is 30.1 Å². The fraction of sp³-hybridized carbons (Fsp3) is 0.467. The lowest BCUT2D eigenvalue weighted by Crippen LogP contribution is -2.47. The summed E-state index contributed by atoms with van der Waals surface area (Å²) in [5.74, 6) is 0.360. The van der Waals surface area contributed by atoms with Gasteiger partial charge in [0.05, 0.1) is 30.8 Å². The van der Waals surface area contributed by atoms with E-state index in [9.17, 15) is 13.2 Å². The molecular weight excluding hydrogens is 360 g/mol. The number of morpholine rings is 1. The number of carbonyl (C=O) groups is 1. The minimum absolute atomic E-state index is 0.248. The van der Waals surface area contributed by atoms with Crippen LogP contribution in [0.25, 0.3) is 5.69 Å². The minimum Gasteiger partial charge on any atom is -0.378 e.